The number of benzene rings is 1. The van der Waals surface area contributed by atoms with Gasteiger partial charge in [-0.25, -0.2) is 4.99 Å². The summed E-state index contributed by atoms with van der Waals surface area (Å²) in [6.07, 6.45) is 1.26. The maximum Gasteiger partial charge on any atom is 0.191 e. The van der Waals surface area contributed by atoms with Crippen molar-refractivity contribution in [2.45, 2.75) is 26.8 Å². The Balaban J connectivity index is 1.80. The molecule has 0 atom stereocenters. The average Bonchev–Trinajstić information content (AvgIpc) is 2.78. The molecule has 1 heterocycles. The Morgan fingerprint density at radius 2 is 1.96 bits per heavy atom. The zero-order valence-corrected chi connectivity index (χ0v) is 15.5. The zero-order valence-electron chi connectivity index (χ0n) is 15.5. The number of nitrogens with one attached hydrogen (secondary N) is 2. The molecule has 1 aromatic rings. The van der Waals surface area contributed by atoms with Gasteiger partial charge in [-0.2, -0.15) is 0 Å². The lowest BCUT2D eigenvalue weighted by atomic mass is 10.1. The molecule has 5 nitrogen and oxygen atoms in total. The minimum Gasteiger partial charge on any atom is -0.357 e. The first-order chi connectivity index (χ1) is 11.7. The molecule has 0 bridgehead atoms. The summed E-state index contributed by atoms with van der Waals surface area (Å²) in [6.45, 7) is 12.6. The first kappa shape index (κ1) is 18.7. The number of hydrogen-bond acceptors (Lipinski definition) is 3. The highest BCUT2D eigenvalue weighted by Gasteiger charge is 2.11. The number of likely N-dealkylation sites (N-methyl/N-ethyl adjacent to an activating group) is 1. The molecule has 1 aromatic carbocycles. The molecule has 2 N–H and O–H groups in total. The number of hydrogen-bond donors (Lipinski definition) is 2. The standard InChI is InChI=1S/C19H33N5/c1-4-20-19(22-16-18-9-6-5-8-17(18)2)21-10-13-24-12-7-11-23(3)14-15-24/h5-6,8-9H,4,7,10-16H2,1-3H3,(H2,20,21,22). The minimum absolute atomic E-state index is 0.719. The Morgan fingerprint density at radius 3 is 2.75 bits per heavy atom. The number of aliphatic imine (C=N–C) groups is 1. The molecule has 0 unspecified atom stereocenters. The Morgan fingerprint density at radius 1 is 1.12 bits per heavy atom. The zero-order chi connectivity index (χ0) is 17.2. The van der Waals surface area contributed by atoms with Crippen LogP contribution in [0.3, 0.4) is 0 Å². The quantitative estimate of drug-likeness (QED) is 0.615. The van der Waals surface area contributed by atoms with E-state index in [9.17, 15) is 0 Å². The van der Waals surface area contributed by atoms with E-state index >= 15 is 0 Å². The molecule has 0 amide bonds. The van der Waals surface area contributed by atoms with Crippen LogP contribution in [0, 0.1) is 6.92 Å². The summed E-state index contributed by atoms with van der Waals surface area (Å²) in [6, 6.07) is 8.44. The topological polar surface area (TPSA) is 42.9 Å². The van der Waals surface area contributed by atoms with Crippen molar-refractivity contribution in [3.8, 4) is 0 Å². The Bertz CT molecular complexity index is 514. The molecule has 24 heavy (non-hydrogen) atoms. The lowest BCUT2D eigenvalue weighted by Crippen LogP contribution is -2.42. The molecule has 5 heteroatoms. The van der Waals surface area contributed by atoms with Crippen molar-refractivity contribution in [1.82, 2.24) is 20.4 Å². The third-order valence-corrected chi connectivity index (χ3v) is 4.55. The number of rotatable bonds is 6. The fourth-order valence-corrected chi connectivity index (χ4v) is 2.95. The van der Waals surface area contributed by atoms with Crippen LogP contribution in [0.4, 0.5) is 0 Å². The van der Waals surface area contributed by atoms with Crippen LogP contribution in [0.2, 0.25) is 0 Å². The van der Waals surface area contributed by atoms with Crippen molar-refractivity contribution in [1.29, 1.82) is 0 Å². The first-order valence-corrected chi connectivity index (χ1v) is 9.16. The fourth-order valence-electron chi connectivity index (χ4n) is 2.95. The van der Waals surface area contributed by atoms with Crippen molar-refractivity contribution in [2.75, 3.05) is 52.9 Å². The van der Waals surface area contributed by atoms with Crippen molar-refractivity contribution in [2.24, 2.45) is 4.99 Å². The van der Waals surface area contributed by atoms with E-state index in [2.05, 4.69) is 65.6 Å². The molecule has 134 valence electrons. The summed E-state index contributed by atoms with van der Waals surface area (Å²) >= 11 is 0. The number of guanidine groups is 1. The van der Waals surface area contributed by atoms with Gasteiger partial charge < -0.3 is 20.4 Å². The van der Waals surface area contributed by atoms with Crippen LogP contribution >= 0.6 is 0 Å². The molecular formula is C19H33N5. The highest BCUT2D eigenvalue weighted by molar-refractivity contribution is 5.79. The molecular weight excluding hydrogens is 298 g/mol. The van der Waals surface area contributed by atoms with Gasteiger partial charge in [0.2, 0.25) is 0 Å². The molecule has 0 saturated carbocycles. The lowest BCUT2D eigenvalue weighted by Gasteiger charge is -2.21. The predicted molar refractivity (Wildman–Crippen MR) is 103 cm³/mol. The van der Waals surface area contributed by atoms with Crippen LogP contribution in [0.15, 0.2) is 29.3 Å². The van der Waals surface area contributed by atoms with Gasteiger partial charge in [-0.15, -0.1) is 0 Å². The van der Waals surface area contributed by atoms with Gasteiger partial charge in [0, 0.05) is 32.7 Å². The molecule has 0 aromatic heterocycles. The molecule has 1 aliphatic rings. The summed E-state index contributed by atoms with van der Waals surface area (Å²) in [5.74, 6) is 0.910. The fraction of sp³-hybridized carbons (Fsp3) is 0.632. The monoisotopic (exact) mass is 331 g/mol. The van der Waals surface area contributed by atoms with Crippen molar-refractivity contribution in [3.63, 3.8) is 0 Å². The van der Waals surface area contributed by atoms with E-state index < -0.39 is 0 Å². The third-order valence-electron chi connectivity index (χ3n) is 4.55. The van der Waals surface area contributed by atoms with Gasteiger partial charge in [0.1, 0.15) is 0 Å². The summed E-state index contributed by atoms with van der Waals surface area (Å²) in [5.41, 5.74) is 2.58. The van der Waals surface area contributed by atoms with Gasteiger partial charge in [-0.05, 0) is 51.5 Å². The average molecular weight is 332 g/mol. The smallest absolute Gasteiger partial charge is 0.191 e. The highest BCUT2D eigenvalue weighted by atomic mass is 15.2. The van der Waals surface area contributed by atoms with Crippen molar-refractivity contribution < 1.29 is 0 Å². The van der Waals surface area contributed by atoms with E-state index in [0.717, 1.165) is 38.7 Å². The first-order valence-electron chi connectivity index (χ1n) is 9.16. The van der Waals surface area contributed by atoms with Crippen LogP contribution in [-0.2, 0) is 6.54 Å². The second kappa shape index (κ2) is 10.3. The molecule has 0 aliphatic carbocycles. The van der Waals surface area contributed by atoms with Gasteiger partial charge in [0.25, 0.3) is 0 Å². The van der Waals surface area contributed by atoms with E-state index in [1.54, 1.807) is 0 Å². The van der Waals surface area contributed by atoms with Gasteiger partial charge in [0.05, 0.1) is 6.54 Å². The second-order valence-corrected chi connectivity index (χ2v) is 6.55. The maximum absolute atomic E-state index is 4.73. The van der Waals surface area contributed by atoms with Crippen LogP contribution in [0.1, 0.15) is 24.5 Å². The van der Waals surface area contributed by atoms with Gasteiger partial charge in [0.15, 0.2) is 5.96 Å². The van der Waals surface area contributed by atoms with Gasteiger partial charge in [-0.1, -0.05) is 24.3 Å². The normalized spacial score (nSPS) is 17.5. The second-order valence-electron chi connectivity index (χ2n) is 6.55. The highest BCUT2D eigenvalue weighted by Crippen LogP contribution is 2.07. The summed E-state index contributed by atoms with van der Waals surface area (Å²) in [4.78, 5) is 9.69. The van der Waals surface area contributed by atoms with Crippen LogP contribution in [-0.4, -0.2) is 68.6 Å². The molecule has 1 saturated heterocycles. The summed E-state index contributed by atoms with van der Waals surface area (Å²) < 4.78 is 0. The Hall–Kier alpha value is -1.59. The van der Waals surface area contributed by atoms with E-state index in [-0.39, 0.29) is 0 Å². The molecule has 0 spiro atoms. The van der Waals surface area contributed by atoms with Crippen molar-refractivity contribution in [3.05, 3.63) is 35.4 Å². The number of aryl methyl sites for hydroxylation is 1. The molecule has 2 rings (SSSR count). The summed E-state index contributed by atoms with van der Waals surface area (Å²) in [5, 5.41) is 6.81. The SMILES string of the molecule is CCNC(=NCc1ccccc1C)NCCN1CCCN(C)CC1. The largest absolute Gasteiger partial charge is 0.357 e. The molecule has 1 aliphatic heterocycles. The van der Waals surface area contributed by atoms with Crippen LogP contribution < -0.4 is 10.6 Å². The lowest BCUT2D eigenvalue weighted by molar-refractivity contribution is 0.280. The maximum atomic E-state index is 4.73. The minimum atomic E-state index is 0.719. The van der Waals surface area contributed by atoms with E-state index in [1.165, 1.54) is 37.2 Å². The van der Waals surface area contributed by atoms with Crippen LogP contribution in [0.5, 0.6) is 0 Å². The van der Waals surface area contributed by atoms with E-state index in [0.29, 0.717) is 0 Å². The number of nitrogens with zero attached hydrogens (tertiary/aromatic N) is 3. The third kappa shape index (κ3) is 6.49. The predicted octanol–water partition coefficient (Wildman–Crippen LogP) is 1.69. The Kier molecular flexibility index (Phi) is 8.05. The Labute approximate surface area is 147 Å². The van der Waals surface area contributed by atoms with Crippen LogP contribution in [0.25, 0.3) is 0 Å². The van der Waals surface area contributed by atoms with Gasteiger partial charge >= 0.3 is 0 Å². The molecule has 0 radical (unpaired) electrons. The van der Waals surface area contributed by atoms with E-state index in [1.807, 2.05) is 0 Å². The van der Waals surface area contributed by atoms with E-state index in [4.69, 9.17) is 4.99 Å². The van der Waals surface area contributed by atoms with Crippen molar-refractivity contribution >= 4 is 5.96 Å². The van der Waals surface area contributed by atoms with Gasteiger partial charge in [-0.3, -0.25) is 0 Å². The molecule has 1 fully saturated rings. The summed E-state index contributed by atoms with van der Waals surface area (Å²) in [7, 11) is 2.21.